The molecule has 4 nitrogen and oxygen atoms in total. The minimum atomic E-state index is 0.424. The SMILES string of the molecule is CCNc1ncnc(NC2CCC2)c1C(C)C. The molecule has 2 rings (SSSR count). The lowest BCUT2D eigenvalue weighted by atomic mass is 9.92. The van der Waals surface area contributed by atoms with Crippen molar-refractivity contribution in [1.82, 2.24) is 9.97 Å². The van der Waals surface area contributed by atoms with Crippen LogP contribution in [-0.2, 0) is 0 Å². The molecule has 0 amide bonds. The highest BCUT2D eigenvalue weighted by molar-refractivity contribution is 5.59. The lowest BCUT2D eigenvalue weighted by Crippen LogP contribution is -2.28. The minimum absolute atomic E-state index is 0.424. The van der Waals surface area contributed by atoms with Crippen molar-refractivity contribution < 1.29 is 0 Å². The molecule has 1 saturated carbocycles. The van der Waals surface area contributed by atoms with E-state index in [0.29, 0.717) is 12.0 Å². The highest BCUT2D eigenvalue weighted by Gasteiger charge is 2.21. The van der Waals surface area contributed by atoms with Crippen molar-refractivity contribution >= 4 is 11.6 Å². The molecule has 4 heteroatoms. The number of anilines is 2. The number of nitrogens with zero attached hydrogens (tertiary/aromatic N) is 2. The Morgan fingerprint density at radius 1 is 1.29 bits per heavy atom. The fourth-order valence-corrected chi connectivity index (χ4v) is 2.11. The van der Waals surface area contributed by atoms with Crippen LogP contribution in [0, 0.1) is 0 Å². The van der Waals surface area contributed by atoms with Crippen molar-refractivity contribution in [2.75, 3.05) is 17.2 Å². The van der Waals surface area contributed by atoms with Gasteiger partial charge in [0.1, 0.15) is 18.0 Å². The predicted octanol–water partition coefficient (Wildman–Crippen LogP) is 3.00. The second kappa shape index (κ2) is 5.34. The first-order valence-corrected chi connectivity index (χ1v) is 6.57. The maximum Gasteiger partial charge on any atom is 0.135 e. The Balaban J connectivity index is 2.25. The molecule has 1 aromatic rings. The maximum atomic E-state index is 4.40. The summed E-state index contributed by atoms with van der Waals surface area (Å²) in [4.78, 5) is 8.74. The summed E-state index contributed by atoms with van der Waals surface area (Å²) in [6.45, 7) is 7.35. The van der Waals surface area contributed by atoms with Crippen LogP contribution < -0.4 is 10.6 Å². The van der Waals surface area contributed by atoms with Crippen LogP contribution in [0.15, 0.2) is 6.33 Å². The normalized spacial score (nSPS) is 15.8. The van der Waals surface area contributed by atoms with Crippen molar-refractivity contribution in [2.24, 2.45) is 0 Å². The Labute approximate surface area is 103 Å². The molecule has 1 aromatic heterocycles. The third-order valence-electron chi connectivity index (χ3n) is 3.25. The molecular formula is C13H22N4. The van der Waals surface area contributed by atoms with E-state index in [-0.39, 0.29) is 0 Å². The van der Waals surface area contributed by atoms with Crippen molar-refractivity contribution in [2.45, 2.75) is 52.0 Å². The van der Waals surface area contributed by atoms with Crippen molar-refractivity contribution in [1.29, 1.82) is 0 Å². The van der Waals surface area contributed by atoms with Gasteiger partial charge in [0.15, 0.2) is 0 Å². The van der Waals surface area contributed by atoms with Crippen molar-refractivity contribution in [3.8, 4) is 0 Å². The Kier molecular flexibility index (Phi) is 3.82. The van der Waals surface area contributed by atoms with E-state index in [0.717, 1.165) is 18.2 Å². The molecule has 0 atom stereocenters. The van der Waals surface area contributed by atoms with Crippen LogP contribution in [0.3, 0.4) is 0 Å². The summed E-state index contributed by atoms with van der Waals surface area (Å²) in [6.07, 6.45) is 5.50. The second-order valence-electron chi connectivity index (χ2n) is 4.94. The molecule has 1 aliphatic carbocycles. The third kappa shape index (κ3) is 2.68. The standard InChI is InChI=1S/C13H22N4/c1-4-14-12-11(9(2)3)13(16-8-15-12)17-10-6-5-7-10/h8-10H,4-7H2,1-3H3,(H2,14,15,16,17). The Morgan fingerprint density at radius 3 is 2.53 bits per heavy atom. The first-order valence-electron chi connectivity index (χ1n) is 6.57. The molecule has 0 radical (unpaired) electrons. The van der Waals surface area contributed by atoms with Gasteiger partial charge in [-0.3, -0.25) is 0 Å². The van der Waals surface area contributed by atoms with E-state index in [1.807, 2.05) is 0 Å². The number of hydrogen-bond acceptors (Lipinski definition) is 4. The van der Waals surface area contributed by atoms with Crippen LogP contribution in [0.5, 0.6) is 0 Å². The van der Waals surface area contributed by atoms with Crippen LogP contribution in [-0.4, -0.2) is 22.6 Å². The second-order valence-corrected chi connectivity index (χ2v) is 4.94. The lowest BCUT2D eigenvalue weighted by Gasteiger charge is -2.28. The Hall–Kier alpha value is -1.32. The summed E-state index contributed by atoms with van der Waals surface area (Å²) in [5, 5.41) is 6.85. The smallest absolute Gasteiger partial charge is 0.135 e. The van der Waals surface area contributed by atoms with Crippen molar-refractivity contribution in [3.63, 3.8) is 0 Å². The predicted molar refractivity (Wildman–Crippen MR) is 71.5 cm³/mol. The van der Waals surface area contributed by atoms with E-state index in [4.69, 9.17) is 0 Å². The summed E-state index contributed by atoms with van der Waals surface area (Å²) >= 11 is 0. The van der Waals surface area contributed by atoms with Crippen LogP contribution in [0.1, 0.15) is 51.5 Å². The molecule has 2 N–H and O–H groups in total. The molecule has 1 heterocycles. The molecule has 0 aliphatic heterocycles. The number of aromatic nitrogens is 2. The van der Waals surface area contributed by atoms with E-state index in [2.05, 4.69) is 41.4 Å². The first-order chi connectivity index (χ1) is 8.22. The van der Waals surface area contributed by atoms with Crippen molar-refractivity contribution in [3.05, 3.63) is 11.9 Å². The zero-order valence-corrected chi connectivity index (χ0v) is 11.0. The lowest BCUT2D eigenvalue weighted by molar-refractivity contribution is 0.444. The van der Waals surface area contributed by atoms with Gasteiger partial charge in [-0.2, -0.15) is 0 Å². The zero-order valence-electron chi connectivity index (χ0n) is 11.0. The molecule has 0 bridgehead atoms. The monoisotopic (exact) mass is 234 g/mol. The van der Waals surface area contributed by atoms with Gasteiger partial charge in [-0.15, -0.1) is 0 Å². The summed E-state index contributed by atoms with van der Waals surface area (Å²) in [5.41, 5.74) is 1.21. The molecule has 1 aliphatic rings. The number of rotatable bonds is 5. The van der Waals surface area contributed by atoms with Gasteiger partial charge in [0.2, 0.25) is 0 Å². The molecule has 94 valence electrons. The fraction of sp³-hybridized carbons (Fsp3) is 0.692. The van der Waals surface area contributed by atoms with Gasteiger partial charge in [0.05, 0.1) is 0 Å². The van der Waals surface area contributed by atoms with Gasteiger partial charge >= 0.3 is 0 Å². The van der Waals surface area contributed by atoms with E-state index in [1.54, 1.807) is 6.33 Å². The molecule has 17 heavy (non-hydrogen) atoms. The number of hydrogen-bond donors (Lipinski definition) is 2. The molecule has 1 fully saturated rings. The van der Waals surface area contributed by atoms with Gasteiger partial charge in [-0.25, -0.2) is 9.97 Å². The topological polar surface area (TPSA) is 49.8 Å². The van der Waals surface area contributed by atoms with E-state index in [9.17, 15) is 0 Å². The van der Waals surface area contributed by atoms with Crippen LogP contribution in [0.25, 0.3) is 0 Å². The molecule has 0 aromatic carbocycles. The minimum Gasteiger partial charge on any atom is -0.370 e. The largest absolute Gasteiger partial charge is 0.370 e. The van der Waals surface area contributed by atoms with Gasteiger partial charge < -0.3 is 10.6 Å². The van der Waals surface area contributed by atoms with Crippen LogP contribution in [0.4, 0.5) is 11.6 Å². The van der Waals surface area contributed by atoms with Crippen LogP contribution >= 0.6 is 0 Å². The summed E-state index contributed by atoms with van der Waals surface area (Å²) in [6, 6.07) is 0.608. The maximum absolute atomic E-state index is 4.40. The highest BCUT2D eigenvalue weighted by atomic mass is 15.1. The van der Waals surface area contributed by atoms with E-state index >= 15 is 0 Å². The Morgan fingerprint density at radius 2 is 2.00 bits per heavy atom. The molecule has 0 spiro atoms. The first kappa shape index (κ1) is 12.1. The van der Waals surface area contributed by atoms with Gasteiger partial charge in [-0.05, 0) is 32.1 Å². The van der Waals surface area contributed by atoms with Crippen LogP contribution in [0.2, 0.25) is 0 Å². The summed E-state index contributed by atoms with van der Waals surface area (Å²) < 4.78 is 0. The van der Waals surface area contributed by atoms with Gasteiger partial charge in [0, 0.05) is 18.2 Å². The summed E-state index contributed by atoms with van der Waals surface area (Å²) in [5.74, 6) is 2.41. The zero-order chi connectivity index (χ0) is 12.3. The molecular weight excluding hydrogens is 212 g/mol. The molecule has 0 saturated heterocycles. The highest BCUT2D eigenvalue weighted by Crippen LogP contribution is 2.31. The quantitative estimate of drug-likeness (QED) is 0.822. The summed E-state index contributed by atoms with van der Waals surface area (Å²) in [7, 11) is 0. The van der Waals surface area contributed by atoms with Gasteiger partial charge in [0.25, 0.3) is 0 Å². The average molecular weight is 234 g/mol. The van der Waals surface area contributed by atoms with Gasteiger partial charge in [-0.1, -0.05) is 13.8 Å². The third-order valence-corrected chi connectivity index (χ3v) is 3.25. The molecule has 0 unspecified atom stereocenters. The van der Waals surface area contributed by atoms with E-state index in [1.165, 1.54) is 24.8 Å². The number of nitrogens with one attached hydrogen (secondary N) is 2. The Bertz CT molecular complexity index is 372. The average Bonchev–Trinajstić information content (AvgIpc) is 2.23. The fourth-order valence-electron chi connectivity index (χ4n) is 2.11. The van der Waals surface area contributed by atoms with E-state index < -0.39 is 0 Å².